The standard InChI is InChI=1S/C13H9BrN4/c14-12-3-1-10(2-4-12)11-7-17-18(8-11)13-5-6-15-9-16-13/h1-9H. The molecule has 88 valence electrons. The van der Waals surface area contributed by atoms with Crippen molar-refractivity contribution in [1.29, 1.82) is 0 Å². The summed E-state index contributed by atoms with van der Waals surface area (Å²) in [7, 11) is 0. The van der Waals surface area contributed by atoms with E-state index in [1.165, 1.54) is 6.33 Å². The smallest absolute Gasteiger partial charge is 0.156 e. The molecule has 0 radical (unpaired) electrons. The first-order valence-corrected chi connectivity index (χ1v) is 6.19. The van der Waals surface area contributed by atoms with Gasteiger partial charge < -0.3 is 0 Å². The minimum absolute atomic E-state index is 0.758. The molecule has 0 amide bonds. The van der Waals surface area contributed by atoms with Crippen LogP contribution in [0.1, 0.15) is 0 Å². The summed E-state index contributed by atoms with van der Waals surface area (Å²) in [5.41, 5.74) is 2.18. The minimum Gasteiger partial charge on any atom is -0.245 e. The molecule has 2 aromatic heterocycles. The third-order valence-electron chi connectivity index (χ3n) is 2.56. The molecule has 0 bridgehead atoms. The fourth-order valence-corrected chi connectivity index (χ4v) is 1.92. The van der Waals surface area contributed by atoms with E-state index in [2.05, 4.69) is 31.0 Å². The second kappa shape index (κ2) is 4.70. The molecule has 0 spiro atoms. The lowest BCUT2D eigenvalue weighted by atomic mass is 10.1. The van der Waals surface area contributed by atoms with E-state index in [-0.39, 0.29) is 0 Å². The van der Waals surface area contributed by atoms with Crippen LogP contribution in [-0.4, -0.2) is 19.7 Å². The second-order valence-electron chi connectivity index (χ2n) is 3.75. The van der Waals surface area contributed by atoms with Crippen LogP contribution in [0.4, 0.5) is 0 Å². The maximum Gasteiger partial charge on any atom is 0.156 e. The van der Waals surface area contributed by atoms with Gasteiger partial charge in [0.1, 0.15) is 6.33 Å². The SMILES string of the molecule is Brc1ccc(-c2cnn(-c3ccncn3)c2)cc1. The second-order valence-corrected chi connectivity index (χ2v) is 4.66. The predicted molar refractivity (Wildman–Crippen MR) is 72.3 cm³/mol. The van der Waals surface area contributed by atoms with Gasteiger partial charge in [-0.2, -0.15) is 5.10 Å². The van der Waals surface area contributed by atoms with E-state index in [1.807, 2.05) is 42.7 Å². The molecule has 0 unspecified atom stereocenters. The van der Waals surface area contributed by atoms with Crippen molar-refractivity contribution in [2.24, 2.45) is 0 Å². The number of aromatic nitrogens is 4. The van der Waals surface area contributed by atoms with Gasteiger partial charge in [0.05, 0.1) is 6.20 Å². The summed E-state index contributed by atoms with van der Waals surface area (Å²) in [5.74, 6) is 0.758. The molecule has 0 aliphatic carbocycles. The Bertz CT molecular complexity index is 646. The van der Waals surface area contributed by atoms with E-state index in [0.717, 1.165) is 21.4 Å². The van der Waals surface area contributed by atoms with E-state index >= 15 is 0 Å². The largest absolute Gasteiger partial charge is 0.245 e. The molecule has 0 saturated heterocycles. The van der Waals surface area contributed by atoms with E-state index in [9.17, 15) is 0 Å². The molecule has 0 atom stereocenters. The summed E-state index contributed by atoms with van der Waals surface area (Å²) in [6.07, 6.45) is 6.98. The van der Waals surface area contributed by atoms with Crippen molar-refractivity contribution in [3.8, 4) is 16.9 Å². The lowest BCUT2D eigenvalue weighted by Crippen LogP contribution is -1.96. The molecule has 0 aliphatic heterocycles. The monoisotopic (exact) mass is 300 g/mol. The molecule has 2 heterocycles. The number of rotatable bonds is 2. The van der Waals surface area contributed by atoms with Crippen LogP contribution in [0.25, 0.3) is 16.9 Å². The highest BCUT2D eigenvalue weighted by molar-refractivity contribution is 9.10. The molecule has 0 fully saturated rings. The molecule has 18 heavy (non-hydrogen) atoms. The van der Waals surface area contributed by atoms with Gasteiger partial charge in [-0.05, 0) is 17.7 Å². The number of hydrogen-bond donors (Lipinski definition) is 0. The Morgan fingerprint density at radius 3 is 2.56 bits per heavy atom. The zero-order valence-corrected chi connectivity index (χ0v) is 10.9. The highest BCUT2D eigenvalue weighted by Gasteiger charge is 2.03. The average Bonchev–Trinajstić information content (AvgIpc) is 2.90. The van der Waals surface area contributed by atoms with Gasteiger partial charge in [-0.25, -0.2) is 14.6 Å². The Hall–Kier alpha value is -2.01. The molecule has 3 aromatic rings. The molecular formula is C13H9BrN4. The van der Waals surface area contributed by atoms with Gasteiger partial charge in [-0.1, -0.05) is 28.1 Å². The Balaban J connectivity index is 1.97. The van der Waals surface area contributed by atoms with Crippen molar-refractivity contribution in [2.45, 2.75) is 0 Å². The van der Waals surface area contributed by atoms with Crippen molar-refractivity contribution in [3.63, 3.8) is 0 Å². The van der Waals surface area contributed by atoms with E-state index < -0.39 is 0 Å². The maximum absolute atomic E-state index is 4.30. The molecule has 0 saturated carbocycles. The number of benzene rings is 1. The van der Waals surface area contributed by atoms with Crippen LogP contribution in [0.5, 0.6) is 0 Å². The molecule has 1 aromatic carbocycles. The lowest BCUT2D eigenvalue weighted by molar-refractivity contribution is 0.839. The topological polar surface area (TPSA) is 43.6 Å². The number of hydrogen-bond acceptors (Lipinski definition) is 3. The van der Waals surface area contributed by atoms with Crippen LogP contribution in [-0.2, 0) is 0 Å². The highest BCUT2D eigenvalue weighted by atomic mass is 79.9. The molecule has 5 heteroatoms. The quantitative estimate of drug-likeness (QED) is 0.730. The number of halogens is 1. The van der Waals surface area contributed by atoms with E-state index in [4.69, 9.17) is 0 Å². The van der Waals surface area contributed by atoms with Crippen molar-refractivity contribution < 1.29 is 0 Å². The zero-order valence-electron chi connectivity index (χ0n) is 9.36. The van der Waals surface area contributed by atoms with Crippen LogP contribution >= 0.6 is 15.9 Å². The van der Waals surface area contributed by atoms with Gasteiger partial charge in [0.15, 0.2) is 5.82 Å². The third kappa shape index (κ3) is 2.17. The van der Waals surface area contributed by atoms with E-state index in [1.54, 1.807) is 10.9 Å². The van der Waals surface area contributed by atoms with Crippen molar-refractivity contribution in [3.05, 3.63) is 59.7 Å². The molecule has 0 aliphatic rings. The first-order chi connectivity index (χ1) is 8.83. The third-order valence-corrected chi connectivity index (χ3v) is 3.09. The van der Waals surface area contributed by atoms with Gasteiger partial charge >= 0.3 is 0 Å². The maximum atomic E-state index is 4.30. The average molecular weight is 301 g/mol. The molecule has 0 N–H and O–H groups in total. The van der Waals surface area contributed by atoms with Crippen LogP contribution in [0.3, 0.4) is 0 Å². The van der Waals surface area contributed by atoms with Gasteiger partial charge in [0.2, 0.25) is 0 Å². The van der Waals surface area contributed by atoms with Gasteiger partial charge in [0, 0.05) is 28.5 Å². The summed E-state index contributed by atoms with van der Waals surface area (Å²) < 4.78 is 2.80. The fraction of sp³-hybridized carbons (Fsp3) is 0. The number of nitrogens with zero attached hydrogens (tertiary/aromatic N) is 4. The highest BCUT2D eigenvalue weighted by Crippen LogP contribution is 2.21. The zero-order chi connectivity index (χ0) is 12.4. The summed E-state index contributed by atoms with van der Waals surface area (Å²) in [6, 6.07) is 9.93. The van der Waals surface area contributed by atoms with Gasteiger partial charge in [-0.15, -0.1) is 0 Å². The fourth-order valence-electron chi connectivity index (χ4n) is 1.66. The summed E-state index contributed by atoms with van der Waals surface area (Å²) in [5, 5.41) is 4.30. The van der Waals surface area contributed by atoms with Crippen LogP contribution in [0.15, 0.2) is 59.7 Å². The van der Waals surface area contributed by atoms with Gasteiger partial charge in [0.25, 0.3) is 0 Å². The summed E-state index contributed by atoms with van der Waals surface area (Å²) in [6.45, 7) is 0. The lowest BCUT2D eigenvalue weighted by Gasteiger charge is -1.98. The van der Waals surface area contributed by atoms with Crippen LogP contribution < -0.4 is 0 Å². The Labute approximate surface area is 112 Å². The molecule has 3 rings (SSSR count). The normalized spacial score (nSPS) is 10.5. The van der Waals surface area contributed by atoms with Crippen LogP contribution in [0, 0.1) is 0 Å². The molecular weight excluding hydrogens is 292 g/mol. The van der Waals surface area contributed by atoms with Crippen LogP contribution in [0.2, 0.25) is 0 Å². The van der Waals surface area contributed by atoms with Gasteiger partial charge in [-0.3, -0.25) is 0 Å². The van der Waals surface area contributed by atoms with E-state index in [0.29, 0.717) is 0 Å². The van der Waals surface area contributed by atoms with Crippen molar-refractivity contribution in [2.75, 3.05) is 0 Å². The Kier molecular flexibility index (Phi) is 2.90. The predicted octanol–water partition coefficient (Wildman–Crippen LogP) is 3.09. The van der Waals surface area contributed by atoms with Crippen molar-refractivity contribution in [1.82, 2.24) is 19.7 Å². The summed E-state index contributed by atoms with van der Waals surface area (Å²) in [4.78, 5) is 8.04. The summed E-state index contributed by atoms with van der Waals surface area (Å²) >= 11 is 3.42. The van der Waals surface area contributed by atoms with Crippen molar-refractivity contribution >= 4 is 15.9 Å². The Morgan fingerprint density at radius 2 is 1.83 bits per heavy atom. The first-order valence-electron chi connectivity index (χ1n) is 5.40. The first kappa shape index (κ1) is 11.1. The minimum atomic E-state index is 0.758. The molecule has 4 nitrogen and oxygen atoms in total. The Morgan fingerprint density at radius 1 is 1.00 bits per heavy atom.